The molecule has 0 saturated heterocycles. The molecule has 0 atom stereocenters. The van der Waals surface area contributed by atoms with Crippen LogP contribution in [0.4, 0.5) is 5.82 Å². The summed E-state index contributed by atoms with van der Waals surface area (Å²) in [7, 11) is 0. The largest absolute Gasteiger partial charge is 0.367 e. The fourth-order valence-electron chi connectivity index (χ4n) is 3.56. The lowest BCUT2D eigenvalue weighted by Gasteiger charge is -2.12. The molecule has 0 aliphatic rings. The highest BCUT2D eigenvalue weighted by atomic mass is 32.2. The number of rotatable bonds is 10. The Bertz CT molecular complexity index is 1240. The van der Waals surface area contributed by atoms with E-state index in [0.29, 0.717) is 18.7 Å². The molecule has 2 aromatic heterocycles. The monoisotopic (exact) mass is 474 g/mol. The Morgan fingerprint density at radius 3 is 2.47 bits per heavy atom. The quantitative estimate of drug-likeness (QED) is 0.241. The van der Waals surface area contributed by atoms with Crippen molar-refractivity contribution in [1.82, 2.24) is 25.1 Å². The Hall–Kier alpha value is -3.39. The molecular formula is C26H30N6OS. The molecule has 0 saturated carbocycles. The third kappa shape index (κ3) is 5.75. The van der Waals surface area contributed by atoms with Crippen LogP contribution < -0.4 is 10.6 Å². The summed E-state index contributed by atoms with van der Waals surface area (Å²) in [5.74, 6) is 1.65. The number of hydrogen-bond donors (Lipinski definition) is 2. The summed E-state index contributed by atoms with van der Waals surface area (Å²) in [6.45, 7) is 7.27. The molecule has 7 nitrogen and oxygen atoms in total. The summed E-state index contributed by atoms with van der Waals surface area (Å²) in [5.41, 5.74) is 3.62. The number of hydrogen-bond acceptors (Lipinski definition) is 6. The van der Waals surface area contributed by atoms with Crippen LogP contribution in [0.5, 0.6) is 0 Å². The lowest BCUT2D eigenvalue weighted by molar-refractivity contribution is 0.0952. The fraction of sp³-hybridized carbons (Fsp3) is 0.308. The zero-order chi connectivity index (χ0) is 23.9. The number of nitrogens with one attached hydrogen (secondary N) is 2. The van der Waals surface area contributed by atoms with Gasteiger partial charge in [0.05, 0.1) is 18.1 Å². The molecule has 2 heterocycles. The summed E-state index contributed by atoms with van der Waals surface area (Å²) in [4.78, 5) is 22.1. The molecule has 0 aliphatic heterocycles. The van der Waals surface area contributed by atoms with Crippen LogP contribution in [0, 0.1) is 0 Å². The van der Waals surface area contributed by atoms with E-state index in [1.165, 1.54) is 0 Å². The normalized spacial score (nSPS) is 11.2. The first-order chi connectivity index (χ1) is 16.5. The van der Waals surface area contributed by atoms with Crippen molar-refractivity contribution >= 4 is 34.5 Å². The molecule has 0 unspecified atom stereocenters. The SMILES string of the molecule is CCCSc1nc(NC(C)C)c2cnn(CCNC(=O)c3ccc(-c4ccccc4)cc3)c2n1. The van der Waals surface area contributed by atoms with Crippen molar-refractivity contribution < 1.29 is 4.79 Å². The molecule has 34 heavy (non-hydrogen) atoms. The van der Waals surface area contributed by atoms with Crippen LogP contribution in [-0.2, 0) is 6.54 Å². The van der Waals surface area contributed by atoms with E-state index < -0.39 is 0 Å². The van der Waals surface area contributed by atoms with Gasteiger partial charge in [0.1, 0.15) is 5.82 Å². The molecule has 2 aromatic carbocycles. The average molecular weight is 475 g/mol. The van der Waals surface area contributed by atoms with Crippen LogP contribution in [0.2, 0.25) is 0 Å². The number of anilines is 1. The average Bonchev–Trinajstić information content (AvgIpc) is 3.26. The summed E-state index contributed by atoms with van der Waals surface area (Å²) < 4.78 is 1.83. The second-order valence-electron chi connectivity index (χ2n) is 8.31. The number of thioether (sulfide) groups is 1. The van der Waals surface area contributed by atoms with Crippen LogP contribution in [0.25, 0.3) is 22.2 Å². The Labute approximate surface area is 204 Å². The van der Waals surface area contributed by atoms with Gasteiger partial charge in [-0.25, -0.2) is 14.6 Å². The third-order valence-electron chi connectivity index (χ3n) is 5.20. The Morgan fingerprint density at radius 2 is 1.76 bits per heavy atom. The minimum Gasteiger partial charge on any atom is -0.367 e. The van der Waals surface area contributed by atoms with Gasteiger partial charge < -0.3 is 10.6 Å². The van der Waals surface area contributed by atoms with Crippen LogP contribution >= 0.6 is 11.8 Å². The van der Waals surface area contributed by atoms with Gasteiger partial charge in [-0.3, -0.25) is 4.79 Å². The maximum absolute atomic E-state index is 12.7. The maximum atomic E-state index is 12.7. The van der Waals surface area contributed by atoms with E-state index in [4.69, 9.17) is 4.98 Å². The minimum absolute atomic E-state index is 0.105. The van der Waals surface area contributed by atoms with Crippen molar-refractivity contribution in [1.29, 1.82) is 0 Å². The number of amides is 1. The predicted molar refractivity (Wildman–Crippen MR) is 139 cm³/mol. The second kappa shape index (κ2) is 11.2. The smallest absolute Gasteiger partial charge is 0.251 e. The standard InChI is InChI=1S/C26H30N6OS/c1-4-16-34-26-30-23(29-18(2)3)22-17-28-32(24(22)31-26)15-14-27-25(33)21-12-10-20(11-13-21)19-8-6-5-7-9-19/h5-13,17-18H,4,14-16H2,1-3H3,(H,27,33)(H,29,30,31). The van der Waals surface area contributed by atoms with Crippen LogP contribution in [-0.4, -0.2) is 44.0 Å². The molecule has 0 spiro atoms. The number of nitrogens with zero attached hydrogens (tertiary/aromatic N) is 4. The lowest BCUT2D eigenvalue weighted by Crippen LogP contribution is -2.27. The van der Waals surface area contributed by atoms with Gasteiger partial charge in [-0.15, -0.1) is 0 Å². The molecule has 8 heteroatoms. The van der Waals surface area contributed by atoms with Gasteiger partial charge in [0.2, 0.25) is 0 Å². The molecule has 0 aliphatic carbocycles. The first-order valence-corrected chi connectivity index (χ1v) is 12.6. The first-order valence-electron chi connectivity index (χ1n) is 11.6. The van der Waals surface area contributed by atoms with Gasteiger partial charge in [-0.2, -0.15) is 5.10 Å². The van der Waals surface area contributed by atoms with E-state index in [9.17, 15) is 4.79 Å². The van der Waals surface area contributed by atoms with E-state index in [0.717, 1.165) is 45.3 Å². The highest BCUT2D eigenvalue weighted by Crippen LogP contribution is 2.25. The van der Waals surface area contributed by atoms with E-state index in [2.05, 4.69) is 53.6 Å². The van der Waals surface area contributed by atoms with Crippen LogP contribution in [0.1, 0.15) is 37.6 Å². The molecule has 176 valence electrons. The van der Waals surface area contributed by atoms with E-state index >= 15 is 0 Å². The van der Waals surface area contributed by atoms with Gasteiger partial charge in [-0.1, -0.05) is 61.2 Å². The number of fused-ring (bicyclic) bond motifs is 1. The Morgan fingerprint density at radius 1 is 1.03 bits per heavy atom. The molecule has 4 rings (SSSR count). The molecule has 1 amide bonds. The van der Waals surface area contributed by atoms with E-state index in [1.54, 1.807) is 18.0 Å². The second-order valence-corrected chi connectivity index (χ2v) is 9.37. The minimum atomic E-state index is -0.105. The van der Waals surface area contributed by atoms with Gasteiger partial charge in [0.25, 0.3) is 5.91 Å². The van der Waals surface area contributed by atoms with Gasteiger partial charge in [0, 0.05) is 23.9 Å². The molecule has 0 bridgehead atoms. The summed E-state index contributed by atoms with van der Waals surface area (Å²) in [6, 6.07) is 18.0. The van der Waals surface area contributed by atoms with Crippen molar-refractivity contribution in [3.8, 4) is 11.1 Å². The lowest BCUT2D eigenvalue weighted by atomic mass is 10.0. The number of carbonyl (C=O) groups excluding carboxylic acids is 1. The zero-order valence-electron chi connectivity index (χ0n) is 19.8. The number of benzene rings is 2. The van der Waals surface area contributed by atoms with Gasteiger partial charge in [0.15, 0.2) is 10.8 Å². The summed E-state index contributed by atoms with van der Waals surface area (Å²) in [6.07, 6.45) is 2.84. The highest BCUT2D eigenvalue weighted by Gasteiger charge is 2.14. The van der Waals surface area contributed by atoms with Crippen molar-refractivity contribution in [2.45, 2.75) is 44.9 Å². The summed E-state index contributed by atoms with van der Waals surface area (Å²) in [5, 5.41) is 12.5. The topological polar surface area (TPSA) is 84.7 Å². The molecular weight excluding hydrogens is 444 g/mol. The van der Waals surface area contributed by atoms with Gasteiger partial charge >= 0.3 is 0 Å². The summed E-state index contributed by atoms with van der Waals surface area (Å²) >= 11 is 1.64. The fourth-order valence-corrected chi connectivity index (χ4v) is 4.26. The Kier molecular flexibility index (Phi) is 7.80. The zero-order valence-corrected chi connectivity index (χ0v) is 20.6. The molecule has 4 aromatic rings. The van der Waals surface area contributed by atoms with Crippen LogP contribution in [0.3, 0.4) is 0 Å². The van der Waals surface area contributed by atoms with Crippen LogP contribution in [0.15, 0.2) is 66.0 Å². The van der Waals surface area contributed by atoms with Crippen molar-refractivity contribution in [3.05, 3.63) is 66.4 Å². The van der Waals surface area contributed by atoms with Crippen molar-refractivity contribution in [2.24, 2.45) is 0 Å². The third-order valence-corrected chi connectivity index (χ3v) is 6.25. The Balaban J connectivity index is 1.43. The van der Waals surface area contributed by atoms with E-state index in [1.807, 2.05) is 47.1 Å². The van der Waals surface area contributed by atoms with Crippen molar-refractivity contribution in [2.75, 3.05) is 17.6 Å². The molecule has 0 fully saturated rings. The molecule has 0 radical (unpaired) electrons. The molecule has 2 N–H and O–H groups in total. The first kappa shape index (κ1) is 23.8. The highest BCUT2D eigenvalue weighted by molar-refractivity contribution is 7.99. The number of aromatic nitrogens is 4. The van der Waals surface area contributed by atoms with Crippen molar-refractivity contribution in [3.63, 3.8) is 0 Å². The maximum Gasteiger partial charge on any atom is 0.251 e. The van der Waals surface area contributed by atoms with Gasteiger partial charge in [-0.05, 0) is 43.5 Å². The number of carbonyl (C=O) groups is 1. The van der Waals surface area contributed by atoms with E-state index in [-0.39, 0.29) is 11.9 Å². The predicted octanol–water partition coefficient (Wildman–Crippen LogP) is 5.25.